The van der Waals surface area contributed by atoms with Crippen molar-refractivity contribution in [3.8, 4) is 28.5 Å². The highest BCUT2D eigenvalue weighted by atomic mass is 32.1. The zero-order chi connectivity index (χ0) is 25.7. The van der Waals surface area contributed by atoms with Crippen LogP contribution in [0.5, 0.6) is 17.2 Å². The summed E-state index contributed by atoms with van der Waals surface area (Å²) in [5.41, 5.74) is 4.30. The molecule has 9 nitrogen and oxygen atoms in total. The van der Waals surface area contributed by atoms with E-state index in [9.17, 15) is 10.1 Å². The number of ether oxygens (including phenoxy) is 3. The van der Waals surface area contributed by atoms with Crippen LogP contribution in [0.1, 0.15) is 25.0 Å². The highest BCUT2D eigenvalue weighted by molar-refractivity contribution is 7.07. The lowest BCUT2D eigenvalue weighted by Crippen LogP contribution is -2.15. The molecule has 0 saturated heterocycles. The lowest BCUT2D eigenvalue weighted by Gasteiger charge is -2.14. The zero-order valence-electron chi connectivity index (χ0n) is 20.6. The molecule has 0 spiro atoms. The Balaban J connectivity index is 2.24. The predicted octanol–water partition coefficient (Wildman–Crippen LogP) is 5.21. The Morgan fingerprint density at radius 2 is 1.77 bits per heavy atom. The maximum Gasteiger partial charge on any atom is 0.272 e. The fraction of sp³-hybridized carbons (Fsp3) is 0.280. The summed E-state index contributed by atoms with van der Waals surface area (Å²) in [6, 6.07) is 8.74. The first-order valence-electron chi connectivity index (χ1n) is 10.7. The number of benzene rings is 2. The van der Waals surface area contributed by atoms with Crippen LogP contribution in [-0.2, 0) is 0 Å². The van der Waals surface area contributed by atoms with Gasteiger partial charge in [0.15, 0.2) is 11.5 Å². The molecule has 1 heterocycles. The quantitative estimate of drug-likeness (QED) is 0.175. The summed E-state index contributed by atoms with van der Waals surface area (Å²) in [5, 5.41) is 18.2. The van der Waals surface area contributed by atoms with Crippen LogP contribution in [0.2, 0.25) is 0 Å². The van der Waals surface area contributed by atoms with Crippen LogP contribution >= 0.6 is 11.3 Å². The van der Waals surface area contributed by atoms with Gasteiger partial charge in [0.05, 0.1) is 44.2 Å². The van der Waals surface area contributed by atoms with E-state index in [0.717, 1.165) is 16.8 Å². The molecule has 0 fully saturated rings. The van der Waals surface area contributed by atoms with Crippen LogP contribution in [0.15, 0.2) is 58.0 Å². The molecule has 0 bridgehead atoms. The first kappa shape index (κ1) is 25.7. The molecule has 1 aromatic heterocycles. The highest BCUT2D eigenvalue weighted by Gasteiger charge is 2.18. The Hall–Kier alpha value is -3.92. The molecule has 0 aliphatic rings. The molecule has 3 aromatic rings. The van der Waals surface area contributed by atoms with Crippen molar-refractivity contribution in [1.29, 1.82) is 0 Å². The molecule has 10 heteroatoms. The number of nitro benzene ring substituents is 1. The molecule has 0 unspecified atom stereocenters. The Bertz CT molecular complexity index is 1350. The predicted molar refractivity (Wildman–Crippen MR) is 138 cm³/mol. The van der Waals surface area contributed by atoms with Crippen molar-refractivity contribution >= 4 is 22.7 Å². The van der Waals surface area contributed by atoms with Crippen LogP contribution in [0.25, 0.3) is 11.3 Å². The summed E-state index contributed by atoms with van der Waals surface area (Å²) < 4.78 is 18.2. The maximum atomic E-state index is 11.4. The van der Waals surface area contributed by atoms with E-state index in [1.807, 2.05) is 30.5 Å². The summed E-state index contributed by atoms with van der Waals surface area (Å²) in [6.07, 6.45) is 0. The van der Waals surface area contributed by atoms with Crippen LogP contribution < -0.4 is 19.0 Å². The van der Waals surface area contributed by atoms with Gasteiger partial charge in [-0.3, -0.25) is 15.1 Å². The fourth-order valence-corrected chi connectivity index (χ4v) is 4.20. The van der Waals surface area contributed by atoms with Crippen molar-refractivity contribution in [3.63, 3.8) is 0 Å². The summed E-state index contributed by atoms with van der Waals surface area (Å²) in [6.45, 7) is 9.79. The van der Waals surface area contributed by atoms with E-state index >= 15 is 0 Å². The molecule has 0 atom stereocenters. The third-order valence-electron chi connectivity index (χ3n) is 5.20. The Labute approximate surface area is 207 Å². The van der Waals surface area contributed by atoms with Gasteiger partial charge in [0.25, 0.3) is 5.69 Å². The third kappa shape index (κ3) is 5.60. The molecule has 0 amide bonds. The Kier molecular flexibility index (Phi) is 8.08. The van der Waals surface area contributed by atoms with Gasteiger partial charge >= 0.3 is 0 Å². The molecule has 0 saturated carbocycles. The van der Waals surface area contributed by atoms with E-state index < -0.39 is 4.92 Å². The number of nitro groups is 1. The number of rotatable bonds is 9. The van der Waals surface area contributed by atoms with Crippen molar-refractivity contribution in [2.45, 2.75) is 20.8 Å². The highest BCUT2D eigenvalue weighted by Crippen LogP contribution is 2.41. The smallest absolute Gasteiger partial charge is 0.272 e. The van der Waals surface area contributed by atoms with Crippen molar-refractivity contribution in [2.75, 3.05) is 27.9 Å². The average molecular weight is 497 g/mol. The van der Waals surface area contributed by atoms with Gasteiger partial charge in [0.1, 0.15) is 0 Å². The SMILES string of the molecule is C=C(C)CN=c1scc(-c2cc(OC)c(OC)c(OC)c2)n1N=C(C)c1ccc(C)c([N+](=O)[O-])c1. The second-order valence-electron chi connectivity index (χ2n) is 7.85. The maximum absolute atomic E-state index is 11.4. The number of nitrogens with zero attached hydrogens (tertiary/aromatic N) is 4. The average Bonchev–Trinajstić information content (AvgIpc) is 3.23. The van der Waals surface area contributed by atoms with E-state index in [2.05, 4.69) is 11.6 Å². The minimum Gasteiger partial charge on any atom is -0.493 e. The van der Waals surface area contributed by atoms with E-state index in [-0.39, 0.29) is 5.69 Å². The van der Waals surface area contributed by atoms with Crippen molar-refractivity contribution in [3.05, 3.63) is 73.9 Å². The van der Waals surface area contributed by atoms with Gasteiger partial charge in [-0.2, -0.15) is 5.10 Å². The molecule has 0 N–H and O–H groups in total. The lowest BCUT2D eigenvalue weighted by atomic mass is 10.1. The third-order valence-corrected chi connectivity index (χ3v) is 6.06. The monoisotopic (exact) mass is 496 g/mol. The van der Waals surface area contributed by atoms with Gasteiger partial charge in [-0.15, -0.1) is 11.3 Å². The van der Waals surface area contributed by atoms with Gasteiger partial charge in [0.2, 0.25) is 10.6 Å². The van der Waals surface area contributed by atoms with E-state index in [0.29, 0.717) is 45.4 Å². The molecular formula is C25H28N4O5S. The zero-order valence-corrected chi connectivity index (χ0v) is 21.4. The normalized spacial score (nSPS) is 11.9. The largest absolute Gasteiger partial charge is 0.493 e. The molecule has 0 aliphatic heterocycles. The van der Waals surface area contributed by atoms with Crippen LogP contribution in [-0.4, -0.2) is 43.2 Å². The first-order valence-corrected chi connectivity index (χ1v) is 11.5. The summed E-state index contributed by atoms with van der Waals surface area (Å²) in [4.78, 5) is 16.4. The van der Waals surface area contributed by atoms with Gasteiger partial charge < -0.3 is 14.2 Å². The number of aromatic nitrogens is 1. The van der Waals surface area contributed by atoms with E-state index in [1.54, 1.807) is 45.9 Å². The first-order chi connectivity index (χ1) is 16.7. The topological polar surface area (TPSA) is 100 Å². The number of aryl methyl sites for hydroxylation is 1. The fourth-order valence-electron chi connectivity index (χ4n) is 3.37. The summed E-state index contributed by atoms with van der Waals surface area (Å²) >= 11 is 1.42. The van der Waals surface area contributed by atoms with Gasteiger partial charge in [-0.05, 0) is 32.9 Å². The lowest BCUT2D eigenvalue weighted by molar-refractivity contribution is -0.385. The number of hydrogen-bond acceptors (Lipinski definition) is 8. The van der Waals surface area contributed by atoms with Gasteiger partial charge in [-0.1, -0.05) is 24.3 Å². The molecule has 0 aliphatic carbocycles. The number of thiazole rings is 1. The number of methoxy groups -OCH3 is 3. The second-order valence-corrected chi connectivity index (χ2v) is 8.68. The summed E-state index contributed by atoms with van der Waals surface area (Å²) in [5.74, 6) is 1.50. The van der Waals surface area contributed by atoms with Crippen molar-refractivity contribution in [1.82, 2.24) is 4.68 Å². The molecule has 184 valence electrons. The molecule has 3 rings (SSSR count). The van der Waals surface area contributed by atoms with Crippen molar-refractivity contribution in [2.24, 2.45) is 10.1 Å². The summed E-state index contributed by atoms with van der Waals surface area (Å²) in [7, 11) is 4.67. The van der Waals surface area contributed by atoms with Gasteiger partial charge in [-0.25, -0.2) is 4.68 Å². The molecular weight excluding hydrogens is 468 g/mol. The standard InChI is InChI=1S/C25H28N4O5S/c1-15(2)13-26-25-28(27-17(4)18-9-8-16(3)20(10-18)29(30)31)21(14-35-25)19-11-22(32-5)24(34-7)23(12-19)33-6/h8-12,14H,1,13H2,2-7H3. The Morgan fingerprint density at radius 1 is 1.11 bits per heavy atom. The van der Waals surface area contributed by atoms with Crippen LogP contribution in [0, 0.1) is 17.0 Å². The second kappa shape index (κ2) is 11.0. The number of hydrogen-bond donors (Lipinski definition) is 0. The van der Waals surface area contributed by atoms with Crippen LogP contribution in [0.3, 0.4) is 0 Å². The van der Waals surface area contributed by atoms with E-state index in [4.69, 9.17) is 19.3 Å². The molecule has 2 aromatic carbocycles. The molecule has 0 radical (unpaired) electrons. The van der Waals surface area contributed by atoms with Crippen LogP contribution in [0.4, 0.5) is 5.69 Å². The molecule has 35 heavy (non-hydrogen) atoms. The van der Waals surface area contributed by atoms with Gasteiger partial charge in [0, 0.05) is 28.1 Å². The van der Waals surface area contributed by atoms with Crippen molar-refractivity contribution < 1.29 is 19.1 Å². The Morgan fingerprint density at radius 3 is 2.31 bits per heavy atom. The van der Waals surface area contributed by atoms with E-state index in [1.165, 1.54) is 17.4 Å². The minimum atomic E-state index is -0.390. The minimum absolute atomic E-state index is 0.0458.